The summed E-state index contributed by atoms with van der Waals surface area (Å²) in [5, 5.41) is 8.62. The van der Waals surface area contributed by atoms with Gasteiger partial charge in [0.2, 0.25) is 0 Å². The Hall–Kier alpha value is -4.68. The van der Waals surface area contributed by atoms with Crippen LogP contribution in [0.4, 0.5) is 26.3 Å². The number of aromatic nitrogens is 4. The second-order valence-corrected chi connectivity index (χ2v) is 8.08. The number of fused-ring (bicyclic) bond motifs is 1. The number of ether oxygens (including phenoxy) is 1. The van der Waals surface area contributed by atoms with Crippen molar-refractivity contribution in [1.82, 2.24) is 19.9 Å². The van der Waals surface area contributed by atoms with Gasteiger partial charge in [0.05, 0.1) is 17.1 Å². The van der Waals surface area contributed by atoms with Crippen LogP contribution in [0.3, 0.4) is 0 Å². The predicted octanol–water partition coefficient (Wildman–Crippen LogP) is 6.08. The summed E-state index contributed by atoms with van der Waals surface area (Å²) in [6.45, 7) is -0.217. The van der Waals surface area contributed by atoms with Crippen molar-refractivity contribution in [1.29, 1.82) is 0 Å². The molecule has 0 fully saturated rings. The number of halogens is 6. The van der Waals surface area contributed by atoms with E-state index in [9.17, 15) is 31.1 Å². The Labute approximate surface area is 208 Å². The van der Waals surface area contributed by atoms with Crippen LogP contribution in [0.15, 0.2) is 82.2 Å². The topological polar surface area (TPSA) is 83.0 Å². The summed E-state index contributed by atoms with van der Waals surface area (Å²) >= 11 is 0. The molecule has 38 heavy (non-hydrogen) atoms. The lowest BCUT2D eigenvalue weighted by atomic mass is 10.0. The monoisotopic (exact) mass is 532 g/mol. The van der Waals surface area contributed by atoms with Gasteiger partial charge < -0.3 is 9.26 Å². The molecule has 2 aromatic heterocycles. The van der Waals surface area contributed by atoms with Crippen LogP contribution in [0, 0.1) is 0 Å². The molecule has 0 spiro atoms. The molecule has 13 heteroatoms. The number of alkyl halides is 6. The smallest absolute Gasteiger partial charge is 0.406 e. The highest BCUT2D eigenvalue weighted by molar-refractivity contribution is 5.86. The Balaban J connectivity index is 1.41. The highest BCUT2D eigenvalue weighted by atomic mass is 19.4. The van der Waals surface area contributed by atoms with E-state index in [-0.39, 0.29) is 35.0 Å². The molecule has 0 saturated heterocycles. The van der Waals surface area contributed by atoms with Gasteiger partial charge in [0.15, 0.2) is 5.82 Å². The van der Waals surface area contributed by atoms with Crippen LogP contribution in [0.2, 0.25) is 0 Å². The molecular weight excluding hydrogens is 518 g/mol. The molecule has 0 bridgehead atoms. The number of nitrogens with zero attached hydrogens (tertiary/aromatic N) is 4. The number of hydrogen-bond donors (Lipinski definition) is 0. The third-order valence-electron chi connectivity index (χ3n) is 5.47. The molecule has 3 aromatic carbocycles. The minimum Gasteiger partial charge on any atom is -0.406 e. The van der Waals surface area contributed by atoms with Gasteiger partial charge in [-0.05, 0) is 47.5 Å². The summed E-state index contributed by atoms with van der Waals surface area (Å²) in [5.74, 6) is -0.513. The van der Waals surface area contributed by atoms with Crippen LogP contribution in [-0.2, 0) is 12.7 Å². The predicted molar refractivity (Wildman–Crippen MR) is 122 cm³/mol. The average Bonchev–Trinajstić information content (AvgIpc) is 3.33. The summed E-state index contributed by atoms with van der Waals surface area (Å²) in [6, 6.07) is 14.5. The molecule has 0 atom stereocenters. The van der Waals surface area contributed by atoms with E-state index in [0.717, 1.165) is 28.9 Å². The van der Waals surface area contributed by atoms with Crippen LogP contribution in [0.25, 0.3) is 33.4 Å². The molecular formula is C25H14F6N4O3. The summed E-state index contributed by atoms with van der Waals surface area (Å²) in [7, 11) is 0. The fourth-order valence-electron chi connectivity index (χ4n) is 3.72. The maximum Gasteiger partial charge on any atom is 0.573 e. The van der Waals surface area contributed by atoms with E-state index in [2.05, 4.69) is 20.0 Å². The Kier molecular flexibility index (Phi) is 6.13. The van der Waals surface area contributed by atoms with Crippen molar-refractivity contribution in [3.63, 3.8) is 0 Å². The van der Waals surface area contributed by atoms with Crippen molar-refractivity contribution in [3.8, 4) is 28.3 Å². The average molecular weight is 532 g/mol. The summed E-state index contributed by atoms with van der Waals surface area (Å²) in [5.41, 5.74) is -0.202. The lowest BCUT2D eigenvalue weighted by Gasteiger charge is -2.10. The molecule has 0 aliphatic rings. The van der Waals surface area contributed by atoms with Gasteiger partial charge >= 0.3 is 12.5 Å². The van der Waals surface area contributed by atoms with E-state index >= 15 is 0 Å². The molecule has 0 aliphatic heterocycles. The first-order valence-corrected chi connectivity index (χ1v) is 10.8. The Morgan fingerprint density at radius 1 is 0.868 bits per heavy atom. The Morgan fingerprint density at radius 3 is 2.32 bits per heavy atom. The molecule has 0 aliphatic carbocycles. The number of hydrogen-bond acceptors (Lipinski definition) is 6. The maximum atomic E-state index is 13.1. The first-order chi connectivity index (χ1) is 18.0. The highest BCUT2D eigenvalue weighted by Crippen LogP contribution is 2.32. The fraction of sp³-hybridized carbons (Fsp3) is 0.120. The molecule has 194 valence electrons. The minimum absolute atomic E-state index is 0.0165. The molecule has 0 amide bonds. The first kappa shape index (κ1) is 25.0. The SMILES string of the molecule is O=c1c2cc(-c3ccc(OC(F)(F)F)cc3)ccc2cnn1Cc1noc(-c2cccc(C(F)(F)F)c2)n1. The summed E-state index contributed by atoms with van der Waals surface area (Å²) in [6.07, 6.45) is -7.91. The fourth-order valence-corrected chi connectivity index (χ4v) is 3.72. The Bertz CT molecular complexity index is 1670. The lowest BCUT2D eigenvalue weighted by Crippen LogP contribution is -2.23. The molecule has 5 rings (SSSR count). The molecule has 5 aromatic rings. The molecule has 7 nitrogen and oxygen atoms in total. The number of rotatable bonds is 5. The zero-order valence-corrected chi connectivity index (χ0v) is 18.9. The third-order valence-corrected chi connectivity index (χ3v) is 5.47. The summed E-state index contributed by atoms with van der Waals surface area (Å²) in [4.78, 5) is 17.2. The first-order valence-electron chi connectivity index (χ1n) is 10.8. The van der Waals surface area contributed by atoms with Gasteiger partial charge in [-0.25, -0.2) is 4.68 Å². The van der Waals surface area contributed by atoms with Crippen LogP contribution < -0.4 is 10.3 Å². The van der Waals surface area contributed by atoms with Gasteiger partial charge in [-0.1, -0.05) is 35.5 Å². The van der Waals surface area contributed by atoms with E-state index in [4.69, 9.17) is 4.52 Å². The quantitative estimate of drug-likeness (QED) is 0.255. The van der Waals surface area contributed by atoms with Crippen LogP contribution in [-0.4, -0.2) is 26.3 Å². The van der Waals surface area contributed by atoms with E-state index < -0.39 is 23.7 Å². The molecule has 0 radical (unpaired) electrons. The van der Waals surface area contributed by atoms with Gasteiger partial charge in [0.25, 0.3) is 11.4 Å². The van der Waals surface area contributed by atoms with Gasteiger partial charge in [-0.3, -0.25) is 4.79 Å². The second kappa shape index (κ2) is 9.32. The van der Waals surface area contributed by atoms with Gasteiger partial charge in [-0.15, -0.1) is 13.2 Å². The second-order valence-electron chi connectivity index (χ2n) is 8.08. The van der Waals surface area contributed by atoms with Crippen LogP contribution >= 0.6 is 0 Å². The van der Waals surface area contributed by atoms with Crippen molar-refractivity contribution >= 4 is 10.8 Å². The van der Waals surface area contributed by atoms with Crippen molar-refractivity contribution in [2.75, 3.05) is 0 Å². The van der Waals surface area contributed by atoms with Crippen molar-refractivity contribution in [2.24, 2.45) is 0 Å². The highest BCUT2D eigenvalue weighted by Gasteiger charge is 2.31. The van der Waals surface area contributed by atoms with E-state index in [1.807, 2.05) is 0 Å². The van der Waals surface area contributed by atoms with Crippen LogP contribution in [0.1, 0.15) is 11.4 Å². The van der Waals surface area contributed by atoms with Crippen molar-refractivity contribution in [3.05, 3.63) is 94.7 Å². The van der Waals surface area contributed by atoms with E-state index in [1.54, 1.807) is 18.2 Å². The molecule has 2 heterocycles. The molecule has 0 unspecified atom stereocenters. The maximum absolute atomic E-state index is 13.1. The van der Waals surface area contributed by atoms with Crippen LogP contribution in [0.5, 0.6) is 5.75 Å². The van der Waals surface area contributed by atoms with E-state index in [0.29, 0.717) is 16.5 Å². The van der Waals surface area contributed by atoms with Gasteiger partial charge in [0.1, 0.15) is 12.3 Å². The molecule has 0 N–H and O–H groups in total. The zero-order valence-electron chi connectivity index (χ0n) is 18.9. The minimum atomic E-state index is -4.81. The standard InChI is InChI=1S/C25H14F6N4O3/c26-24(27,28)18-3-1-2-16(10-18)22-33-21(34-38-22)13-35-23(36)20-11-15(4-5-17(20)12-32-35)14-6-8-19(9-7-14)37-25(29,30)31/h1-12H,13H2. The van der Waals surface area contributed by atoms with E-state index in [1.165, 1.54) is 30.5 Å². The van der Waals surface area contributed by atoms with Gasteiger partial charge in [0, 0.05) is 10.9 Å². The van der Waals surface area contributed by atoms with Crippen molar-refractivity contribution < 1.29 is 35.6 Å². The normalized spacial score (nSPS) is 12.2. The largest absolute Gasteiger partial charge is 0.573 e. The zero-order chi connectivity index (χ0) is 27.1. The summed E-state index contributed by atoms with van der Waals surface area (Å²) < 4.78 is 86.2. The number of benzene rings is 3. The lowest BCUT2D eigenvalue weighted by molar-refractivity contribution is -0.274. The van der Waals surface area contributed by atoms with Gasteiger partial charge in [-0.2, -0.15) is 23.3 Å². The third kappa shape index (κ3) is 5.36. The molecule has 0 saturated carbocycles. The van der Waals surface area contributed by atoms with Crippen molar-refractivity contribution in [2.45, 2.75) is 19.1 Å². The Morgan fingerprint density at radius 2 is 1.61 bits per heavy atom.